The summed E-state index contributed by atoms with van der Waals surface area (Å²) in [6.45, 7) is 1.58. The van der Waals surface area contributed by atoms with Gasteiger partial charge in [0.15, 0.2) is 0 Å². The molecule has 134 valence electrons. The minimum absolute atomic E-state index is 0.123. The van der Waals surface area contributed by atoms with Crippen molar-refractivity contribution in [1.82, 2.24) is 4.90 Å². The highest BCUT2D eigenvalue weighted by molar-refractivity contribution is 5.86. The number of benzene rings is 1. The molecular weight excluding hydrogens is 314 g/mol. The Morgan fingerprint density at radius 2 is 1.60 bits per heavy atom. The molecule has 2 saturated carbocycles. The first-order valence-corrected chi connectivity index (χ1v) is 9.69. The SMILES string of the molecule is O=C(O)[C@H]1[C@@H]2CC[C@@H](C2)[C@@H]1C(=O)N1CCC(Cc2ccccc2)CC1. The molecule has 1 aliphatic heterocycles. The molecule has 1 heterocycles. The molecule has 2 bridgehead atoms. The first kappa shape index (κ1) is 16.6. The summed E-state index contributed by atoms with van der Waals surface area (Å²) in [4.78, 5) is 26.7. The van der Waals surface area contributed by atoms with E-state index in [2.05, 4.69) is 24.3 Å². The second-order valence-corrected chi connectivity index (χ2v) is 8.18. The number of carbonyl (C=O) groups excluding carboxylic acids is 1. The summed E-state index contributed by atoms with van der Waals surface area (Å²) in [5.74, 6) is -0.174. The number of hydrogen-bond acceptors (Lipinski definition) is 2. The van der Waals surface area contributed by atoms with Crippen LogP contribution in [0.15, 0.2) is 30.3 Å². The maximum absolute atomic E-state index is 13.0. The van der Waals surface area contributed by atoms with E-state index in [0.717, 1.165) is 51.6 Å². The standard InChI is InChI=1S/C21H27NO3/c23-20(18-16-6-7-17(13-16)19(18)21(24)25)22-10-8-15(9-11-22)12-14-4-2-1-3-5-14/h1-5,15-19H,6-13H2,(H,24,25)/t16-,17+,18-,19-/m0/s1. The minimum Gasteiger partial charge on any atom is -0.481 e. The molecule has 4 rings (SSSR count). The fourth-order valence-electron chi connectivity index (χ4n) is 5.52. The van der Waals surface area contributed by atoms with Gasteiger partial charge in [-0.15, -0.1) is 0 Å². The monoisotopic (exact) mass is 341 g/mol. The van der Waals surface area contributed by atoms with E-state index in [1.807, 2.05) is 11.0 Å². The van der Waals surface area contributed by atoms with Gasteiger partial charge in [0.2, 0.25) is 5.91 Å². The zero-order valence-electron chi connectivity index (χ0n) is 14.6. The van der Waals surface area contributed by atoms with E-state index in [-0.39, 0.29) is 17.7 Å². The van der Waals surface area contributed by atoms with Gasteiger partial charge in [-0.2, -0.15) is 0 Å². The van der Waals surface area contributed by atoms with Gasteiger partial charge in [-0.05, 0) is 61.8 Å². The van der Waals surface area contributed by atoms with Crippen LogP contribution in [-0.2, 0) is 16.0 Å². The lowest BCUT2D eigenvalue weighted by molar-refractivity contribution is -0.153. The van der Waals surface area contributed by atoms with Crippen LogP contribution in [0.1, 0.15) is 37.7 Å². The average molecular weight is 341 g/mol. The van der Waals surface area contributed by atoms with Crippen molar-refractivity contribution in [2.75, 3.05) is 13.1 Å². The van der Waals surface area contributed by atoms with Crippen molar-refractivity contribution >= 4 is 11.9 Å². The van der Waals surface area contributed by atoms with Gasteiger partial charge in [-0.25, -0.2) is 0 Å². The van der Waals surface area contributed by atoms with Crippen LogP contribution in [-0.4, -0.2) is 35.0 Å². The highest BCUT2D eigenvalue weighted by atomic mass is 16.4. The highest BCUT2D eigenvalue weighted by Gasteiger charge is 2.54. The molecule has 2 aliphatic carbocycles. The molecule has 1 aromatic carbocycles. The summed E-state index contributed by atoms with van der Waals surface area (Å²) in [5.41, 5.74) is 1.37. The predicted molar refractivity (Wildman–Crippen MR) is 94.9 cm³/mol. The third-order valence-electron chi connectivity index (χ3n) is 6.78. The Morgan fingerprint density at radius 3 is 2.24 bits per heavy atom. The molecule has 1 saturated heterocycles. The lowest BCUT2D eigenvalue weighted by atomic mass is 9.78. The van der Waals surface area contributed by atoms with Gasteiger partial charge in [0.1, 0.15) is 0 Å². The third kappa shape index (κ3) is 3.19. The van der Waals surface area contributed by atoms with E-state index in [9.17, 15) is 14.7 Å². The molecule has 1 amide bonds. The van der Waals surface area contributed by atoms with Crippen LogP contribution in [0, 0.1) is 29.6 Å². The van der Waals surface area contributed by atoms with Crippen molar-refractivity contribution in [2.45, 2.75) is 38.5 Å². The number of amides is 1. The molecule has 3 aliphatic rings. The number of likely N-dealkylation sites (tertiary alicyclic amines) is 1. The Hall–Kier alpha value is -1.84. The number of nitrogens with zero attached hydrogens (tertiary/aromatic N) is 1. The van der Waals surface area contributed by atoms with Gasteiger partial charge >= 0.3 is 5.97 Å². The molecule has 0 radical (unpaired) electrons. The normalized spacial score (nSPS) is 32.1. The number of carboxylic acid groups (broad SMARTS) is 1. The topological polar surface area (TPSA) is 57.6 Å². The second-order valence-electron chi connectivity index (χ2n) is 8.18. The summed E-state index contributed by atoms with van der Waals surface area (Å²) in [6, 6.07) is 10.5. The highest BCUT2D eigenvalue weighted by Crippen LogP contribution is 2.53. The molecule has 3 fully saturated rings. The first-order valence-electron chi connectivity index (χ1n) is 9.69. The molecule has 25 heavy (non-hydrogen) atoms. The molecule has 0 aromatic heterocycles. The quantitative estimate of drug-likeness (QED) is 0.915. The number of fused-ring (bicyclic) bond motifs is 2. The Morgan fingerprint density at radius 1 is 0.960 bits per heavy atom. The average Bonchev–Trinajstić information content (AvgIpc) is 3.24. The maximum Gasteiger partial charge on any atom is 0.307 e. The maximum atomic E-state index is 13.0. The van der Waals surface area contributed by atoms with Gasteiger partial charge in [-0.1, -0.05) is 30.3 Å². The predicted octanol–water partition coefficient (Wildman–Crippen LogP) is 3.21. The summed E-state index contributed by atoms with van der Waals surface area (Å²) in [5, 5.41) is 9.59. The number of rotatable bonds is 4. The van der Waals surface area contributed by atoms with Crippen LogP contribution in [0.5, 0.6) is 0 Å². The van der Waals surface area contributed by atoms with Gasteiger partial charge < -0.3 is 10.0 Å². The summed E-state index contributed by atoms with van der Waals surface area (Å²) < 4.78 is 0. The van der Waals surface area contributed by atoms with Crippen molar-refractivity contribution in [3.63, 3.8) is 0 Å². The summed E-state index contributed by atoms with van der Waals surface area (Å²) >= 11 is 0. The van der Waals surface area contributed by atoms with E-state index in [4.69, 9.17) is 0 Å². The molecule has 1 aromatic rings. The van der Waals surface area contributed by atoms with E-state index >= 15 is 0 Å². The van der Waals surface area contributed by atoms with Crippen LogP contribution >= 0.6 is 0 Å². The molecule has 4 heteroatoms. The lowest BCUT2D eigenvalue weighted by Gasteiger charge is -2.37. The van der Waals surface area contributed by atoms with Crippen molar-refractivity contribution in [3.8, 4) is 0 Å². The van der Waals surface area contributed by atoms with Crippen LogP contribution in [0.25, 0.3) is 0 Å². The van der Waals surface area contributed by atoms with Gasteiger partial charge in [0, 0.05) is 13.1 Å². The lowest BCUT2D eigenvalue weighted by Crippen LogP contribution is -2.46. The molecule has 1 N–H and O–H groups in total. The fourth-order valence-corrected chi connectivity index (χ4v) is 5.52. The molecule has 4 atom stereocenters. The van der Waals surface area contributed by atoms with E-state index < -0.39 is 11.9 Å². The van der Waals surface area contributed by atoms with Crippen LogP contribution in [0.2, 0.25) is 0 Å². The van der Waals surface area contributed by atoms with Gasteiger partial charge in [-0.3, -0.25) is 9.59 Å². The van der Waals surface area contributed by atoms with Crippen molar-refractivity contribution < 1.29 is 14.7 Å². The Labute approximate surface area is 149 Å². The van der Waals surface area contributed by atoms with Crippen LogP contribution < -0.4 is 0 Å². The molecular formula is C21H27NO3. The van der Waals surface area contributed by atoms with Crippen molar-refractivity contribution in [3.05, 3.63) is 35.9 Å². The number of aliphatic carboxylic acids is 1. The third-order valence-corrected chi connectivity index (χ3v) is 6.78. The minimum atomic E-state index is -0.760. The van der Waals surface area contributed by atoms with Crippen molar-refractivity contribution in [1.29, 1.82) is 0 Å². The Balaban J connectivity index is 1.36. The van der Waals surface area contributed by atoms with E-state index in [0.29, 0.717) is 11.8 Å². The molecule has 4 nitrogen and oxygen atoms in total. The zero-order chi connectivity index (χ0) is 17.4. The largest absolute Gasteiger partial charge is 0.481 e. The fraction of sp³-hybridized carbons (Fsp3) is 0.619. The van der Waals surface area contributed by atoms with E-state index in [1.54, 1.807) is 0 Å². The number of carbonyl (C=O) groups is 2. The zero-order valence-corrected chi connectivity index (χ0v) is 14.6. The summed E-state index contributed by atoms with van der Waals surface area (Å²) in [6.07, 6.45) is 6.10. The number of carboxylic acids is 1. The summed E-state index contributed by atoms with van der Waals surface area (Å²) in [7, 11) is 0. The van der Waals surface area contributed by atoms with Gasteiger partial charge in [0.05, 0.1) is 11.8 Å². The van der Waals surface area contributed by atoms with Crippen molar-refractivity contribution in [2.24, 2.45) is 29.6 Å². The second kappa shape index (κ2) is 6.81. The molecule has 0 spiro atoms. The van der Waals surface area contributed by atoms with E-state index in [1.165, 1.54) is 5.56 Å². The van der Waals surface area contributed by atoms with Gasteiger partial charge in [0.25, 0.3) is 0 Å². The number of hydrogen-bond donors (Lipinski definition) is 1. The first-order chi connectivity index (χ1) is 12.1. The number of piperidine rings is 1. The smallest absolute Gasteiger partial charge is 0.307 e. The Kier molecular flexibility index (Phi) is 4.53. The van der Waals surface area contributed by atoms with Crippen LogP contribution in [0.3, 0.4) is 0 Å². The van der Waals surface area contributed by atoms with Crippen LogP contribution in [0.4, 0.5) is 0 Å². The Bertz CT molecular complexity index is 636. The molecule has 0 unspecified atom stereocenters.